The van der Waals surface area contributed by atoms with E-state index >= 15 is 0 Å². The van der Waals surface area contributed by atoms with Crippen molar-refractivity contribution in [2.45, 2.75) is 18.6 Å². The quantitative estimate of drug-likeness (QED) is 0.784. The largest absolute Gasteiger partial charge is 0.478 e. The SMILES string of the molecule is N#C[C@H](C[C@@H]1Oc2ccc(Cl)cc2NC1=O)NC(=O)O. The van der Waals surface area contributed by atoms with Gasteiger partial charge in [0.1, 0.15) is 11.8 Å². The number of nitrogens with zero attached hydrogens (tertiary/aromatic N) is 1. The average Bonchev–Trinajstić information content (AvgIpc) is 2.38. The van der Waals surface area contributed by atoms with Gasteiger partial charge in [-0.05, 0) is 18.2 Å². The number of rotatable bonds is 3. The van der Waals surface area contributed by atoms with Crippen molar-refractivity contribution in [2.75, 3.05) is 5.32 Å². The highest BCUT2D eigenvalue weighted by Gasteiger charge is 2.30. The van der Waals surface area contributed by atoms with Gasteiger partial charge in [-0.1, -0.05) is 11.6 Å². The number of anilines is 1. The minimum Gasteiger partial charge on any atom is -0.478 e. The number of hydrogen-bond donors (Lipinski definition) is 3. The lowest BCUT2D eigenvalue weighted by Gasteiger charge is -2.27. The standard InChI is InChI=1S/C12H10ClN3O4/c13-6-1-2-9-8(3-6)16-11(17)10(20-9)4-7(5-14)15-12(18)19/h1-3,7,10,15H,4H2,(H,16,17)(H,18,19)/t7-,10-/m0/s1. The normalized spacial score (nSPS) is 18.0. The summed E-state index contributed by atoms with van der Waals surface area (Å²) in [6, 6.07) is 5.47. The fourth-order valence-corrected chi connectivity index (χ4v) is 1.96. The smallest absolute Gasteiger partial charge is 0.405 e. The third-order valence-electron chi connectivity index (χ3n) is 2.66. The molecule has 0 saturated carbocycles. The predicted octanol–water partition coefficient (Wildman–Crippen LogP) is 1.59. The van der Waals surface area contributed by atoms with Crippen LogP contribution in [0.2, 0.25) is 5.02 Å². The zero-order valence-corrected chi connectivity index (χ0v) is 10.8. The molecule has 8 heteroatoms. The second-order valence-corrected chi connectivity index (χ2v) is 4.54. The lowest BCUT2D eigenvalue weighted by molar-refractivity contribution is -0.123. The fraction of sp³-hybridized carbons (Fsp3) is 0.250. The van der Waals surface area contributed by atoms with Crippen LogP contribution < -0.4 is 15.4 Å². The molecule has 7 nitrogen and oxygen atoms in total. The molecule has 3 N–H and O–H groups in total. The summed E-state index contributed by atoms with van der Waals surface area (Å²) in [5.74, 6) is -0.0294. The molecule has 1 heterocycles. The molecule has 1 aromatic rings. The first-order valence-electron chi connectivity index (χ1n) is 5.65. The number of carboxylic acid groups (broad SMARTS) is 1. The van der Waals surface area contributed by atoms with Crippen molar-refractivity contribution >= 4 is 29.3 Å². The van der Waals surface area contributed by atoms with Gasteiger partial charge in [0.25, 0.3) is 5.91 Å². The van der Waals surface area contributed by atoms with Gasteiger partial charge in [-0.15, -0.1) is 0 Å². The van der Waals surface area contributed by atoms with Crippen molar-refractivity contribution in [2.24, 2.45) is 0 Å². The maximum absolute atomic E-state index is 11.8. The molecule has 1 aliphatic heterocycles. The monoisotopic (exact) mass is 295 g/mol. The Hall–Kier alpha value is -2.46. The Balaban J connectivity index is 2.11. The molecule has 0 aliphatic carbocycles. The molecular formula is C12H10ClN3O4. The van der Waals surface area contributed by atoms with Crippen molar-refractivity contribution in [3.63, 3.8) is 0 Å². The number of halogens is 1. The van der Waals surface area contributed by atoms with Crippen LogP contribution >= 0.6 is 11.6 Å². The topological polar surface area (TPSA) is 111 Å². The summed E-state index contributed by atoms with van der Waals surface area (Å²) in [6.07, 6.45) is -2.36. The fourth-order valence-electron chi connectivity index (χ4n) is 1.78. The molecular weight excluding hydrogens is 286 g/mol. The van der Waals surface area contributed by atoms with Crippen LogP contribution in [0.25, 0.3) is 0 Å². The third-order valence-corrected chi connectivity index (χ3v) is 2.90. The first-order valence-corrected chi connectivity index (χ1v) is 6.03. The number of carbonyl (C=O) groups excluding carboxylic acids is 1. The number of ether oxygens (including phenoxy) is 1. The van der Waals surface area contributed by atoms with E-state index in [2.05, 4.69) is 5.32 Å². The second kappa shape index (κ2) is 5.67. The Bertz CT molecular complexity index is 599. The zero-order valence-electron chi connectivity index (χ0n) is 10.1. The average molecular weight is 296 g/mol. The van der Waals surface area contributed by atoms with Gasteiger partial charge in [0.2, 0.25) is 0 Å². The van der Waals surface area contributed by atoms with Crippen LogP contribution in [-0.2, 0) is 4.79 Å². The van der Waals surface area contributed by atoms with E-state index in [1.807, 2.05) is 5.32 Å². The van der Waals surface area contributed by atoms with E-state index in [0.717, 1.165) is 0 Å². The molecule has 2 amide bonds. The van der Waals surface area contributed by atoms with Gasteiger partial charge in [0.05, 0.1) is 11.8 Å². The van der Waals surface area contributed by atoms with E-state index in [1.54, 1.807) is 24.3 Å². The van der Waals surface area contributed by atoms with Crippen LogP contribution in [0.1, 0.15) is 6.42 Å². The Morgan fingerprint density at radius 3 is 3.05 bits per heavy atom. The molecule has 0 saturated heterocycles. The minimum atomic E-state index is -1.33. The van der Waals surface area contributed by atoms with Crippen molar-refractivity contribution < 1.29 is 19.4 Å². The summed E-state index contributed by atoms with van der Waals surface area (Å²) < 4.78 is 5.46. The number of carbonyl (C=O) groups is 2. The van der Waals surface area contributed by atoms with E-state index in [9.17, 15) is 9.59 Å². The van der Waals surface area contributed by atoms with Crippen molar-refractivity contribution in [3.05, 3.63) is 23.2 Å². The molecule has 0 spiro atoms. The van der Waals surface area contributed by atoms with Gasteiger partial charge in [-0.2, -0.15) is 5.26 Å². The third kappa shape index (κ3) is 3.10. The lowest BCUT2D eigenvalue weighted by Crippen LogP contribution is -2.43. The first-order chi connectivity index (χ1) is 9.49. The molecule has 20 heavy (non-hydrogen) atoms. The Kier molecular flexibility index (Phi) is 3.96. The molecule has 0 bridgehead atoms. The first kappa shape index (κ1) is 14.0. The summed E-state index contributed by atoms with van der Waals surface area (Å²) >= 11 is 5.80. The molecule has 0 aromatic heterocycles. The lowest BCUT2D eigenvalue weighted by atomic mass is 10.1. The predicted molar refractivity (Wildman–Crippen MR) is 69.7 cm³/mol. The highest BCUT2D eigenvalue weighted by Crippen LogP contribution is 2.32. The van der Waals surface area contributed by atoms with Gasteiger partial charge >= 0.3 is 6.09 Å². The van der Waals surface area contributed by atoms with Crippen LogP contribution in [-0.4, -0.2) is 29.3 Å². The van der Waals surface area contributed by atoms with Crippen LogP contribution in [0.5, 0.6) is 5.75 Å². The Morgan fingerprint density at radius 2 is 2.40 bits per heavy atom. The molecule has 1 aliphatic rings. The molecule has 0 radical (unpaired) electrons. The van der Waals surface area contributed by atoms with E-state index in [1.165, 1.54) is 0 Å². The zero-order chi connectivity index (χ0) is 14.7. The van der Waals surface area contributed by atoms with E-state index < -0.39 is 24.1 Å². The Labute approximate surface area is 119 Å². The summed E-state index contributed by atoms with van der Waals surface area (Å²) in [6.45, 7) is 0. The second-order valence-electron chi connectivity index (χ2n) is 4.10. The van der Waals surface area contributed by atoms with Crippen molar-refractivity contribution in [3.8, 4) is 11.8 Å². The molecule has 0 fully saturated rings. The van der Waals surface area contributed by atoms with Crippen LogP contribution in [0.3, 0.4) is 0 Å². The van der Waals surface area contributed by atoms with Gasteiger partial charge in [-0.25, -0.2) is 4.79 Å². The summed E-state index contributed by atoms with van der Waals surface area (Å²) in [4.78, 5) is 22.4. The number of fused-ring (bicyclic) bond motifs is 1. The summed E-state index contributed by atoms with van der Waals surface area (Å²) in [7, 11) is 0. The minimum absolute atomic E-state index is 0.0866. The van der Waals surface area contributed by atoms with Crippen LogP contribution in [0.4, 0.5) is 10.5 Å². The van der Waals surface area contributed by atoms with Gasteiger partial charge < -0.3 is 20.5 Å². The van der Waals surface area contributed by atoms with Gasteiger partial charge in [0.15, 0.2) is 6.10 Å². The maximum atomic E-state index is 11.8. The number of nitrogens with one attached hydrogen (secondary N) is 2. The van der Waals surface area contributed by atoms with Crippen LogP contribution in [0, 0.1) is 11.3 Å². The summed E-state index contributed by atoms with van der Waals surface area (Å²) in [5, 5.41) is 22.5. The van der Waals surface area contributed by atoms with Gasteiger partial charge in [0, 0.05) is 11.4 Å². The number of amides is 2. The Morgan fingerprint density at radius 1 is 1.65 bits per heavy atom. The molecule has 0 unspecified atom stereocenters. The molecule has 1 aromatic carbocycles. The number of hydrogen-bond acceptors (Lipinski definition) is 4. The van der Waals surface area contributed by atoms with Crippen molar-refractivity contribution in [1.29, 1.82) is 5.26 Å². The summed E-state index contributed by atoms with van der Waals surface area (Å²) in [5.41, 5.74) is 0.443. The molecule has 104 valence electrons. The van der Waals surface area contributed by atoms with Crippen LogP contribution in [0.15, 0.2) is 18.2 Å². The van der Waals surface area contributed by atoms with Crippen molar-refractivity contribution in [1.82, 2.24) is 5.32 Å². The molecule has 2 rings (SSSR count). The number of benzene rings is 1. The van der Waals surface area contributed by atoms with E-state index in [0.29, 0.717) is 16.5 Å². The number of nitriles is 1. The highest BCUT2D eigenvalue weighted by molar-refractivity contribution is 6.31. The van der Waals surface area contributed by atoms with Gasteiger partial charge in [-0.3, -0.25) is 4.79 Å². The van der Waals surface area contributed by atoms with E-state index in [-0.39, 0.29) is 6.42 Å². The molecule has 2 atom stereocenters. The highest BCUT2D eigenvalue weighted by atomic mass is 35.5. The maximum Gasteiger partial charge on any atom is 0.405 e. The van der Waals surface area contributed by atoms with E-state index in [4.69, 9.17) is 26.7 Å².